The average Bonchev–Trinajstić information content (AvgIpc) is 2.44. The lowest BCUT2D eigenvalue weighted by molar-refractivity contribution is 0.165. The first-order chi connectivity index (χ1) is 9.12. The molecule has 4 N–H and O–H groups in total. The van der Waals surface area contributed by atoms with Gasteiger partial charge < -0.3 is 21.1 Å². The van der Waals surface area contributed by atoms with Gasteiger partial charge in [-0.15, -0.1) is 0 Å². The van der Waals surface area contributed by atoms with E-state index in [0.29, 0.717) is 13.1 Å². The Hall–Kier alpha value is -1.59. The molecule has 0 fully saturated rings. The van der Waals surface area contributed by atoms with Gasteiger partial charge in [-0.05, 0) is 31.0 Å². The maximum Gasteiger partial charge on any atom is 0.322 e. The topological polar surface area (TPSA) is 78.6 Å². The number of nitrogens with one attached hydrogen (secondary N) is 1. The molecular formula is C14H23N3O2. The first-order valence-corrected chi connectivity index (χ1v) is 6.59. The minimum Gasteiger partial charge on any atom is -0.395 e. The number of amides is 2. The molecule has 1 aromatic rings. The van der Waals surface area contributed by atoms with Gasteiger partial charge in [0.25, 0.3) is 0 Å². The number of carbonyl (C=O) groups is 1. The summed E-state index contributed by atoms with van der Waals surface area (Å²) in [5, 5.41) is 11.9. The van der Waals surface area contributed by atoms with E-state index in [2.05, 4.69) is 5.32 Å². The minimum atomic E-state index is -0.191. The summed E-state index contributed by atoms with van der Waals surface area (Å²) in [6, 6.07) is 7.32. The third-order valence-corrected chi connectivity index (χ3v) is 3.17. The van der Waals surface area contributed by atoms with Gasteiger partial charge in [0.15, 0.2) is 0 Å². The van der Waals surface area contributed by atoms with Crippen molar-refractivity contribution in [3.8, 4) is 0 Å². The van der Waals surface area contributed by atoms with Gasteiger partial charge in [0.05, 0.1) is 6.61 Å². The zero-order chi connectivity index (χ0) is 14.3. The molecular weight excluding hydrogens is 242 g/mol. The van der Waals surface area contributed by atoms with Gasteiger partial charge in [0.2, 0.25) is 0 Å². The monoisotopic (exact) mass is 265 g/mol. The normalized spacial score (nSPS) is 12.0. The molecule has 19 heavy (non-hydrogen) atoms. The first-order valence-electron chi connectivity index (χ1n) is 6.59. The van der Waals surface area contributed by atoms with E-state index in [1.54, 1.807) is 4.90 Å². The van der Waals surface area contributed by atoms with Gasteiger partial charge in [0.1, 0.15) is 0 Å². The highest BCUT2D eigenvalue weighted by atomic mass is 16.3. The zero-order valence-corrected chi connectivity index (χ0v) is 11.6. The lowest BCUT2D eigenvalue weighted by Crippen LogP contribution is -2.42. The number of hydrogen-bond acceptors (Lipinski definition) is 3. The summed E-state index contributed by atoms with van der Waals surface area (Å²) in [7, 11) is 0. The highest BCUT2D eigenvalue weighted by Gasteiger charge is 2.18. The Labute approximate surface area is 114 Å². The van der Waals surface area contributed by atoms with Crippen molar-refractivity contribution in [1.29, 1.82) is 0 Å². The number of aliphatic hydroxyl groups is 1. The van der Waals surface area contributed by atoms with Gasteiger partial charge in [-0.25, -0.2) is 4.79 Å². The molecule has 1 aromatic carbocycles. The molecule has 0 spiro atoms. The average molecular weight is 265 g/mol. The second-order valence-electron chi connectivity index (χ2n) is 4.51. The summed E-state index contributed by atoms with van der Waals surface area (Å²) < 4.78 is 0. The van der Waals surface area contributed by atoms with Crippen LogP contribution in [0.5, 0.6) is 0 Å². The quantitative estimate of drug-likeness (QED) is 0.733. The third kappa shape index (κ3) is 4.54. The van der Waals surface area contributed by atoms with Crippen molar-refractivity contribution in [3.05, 3.63) is 29.8 Å². The second kappa shape index (κ2) is 7.76. The smallest absolute Gasteiger partial charge is 0.322 e. The van der Waals surface area contributed by atoms with Gasteiger partial charge in [-0.3, -0.25) is 0 Å². The number of aliphatic hydroxyl groups excluding tert-OH is 1. The minimum absolute atomic E-state index is 0.0378. The fourth-order valence-corrected chi connectivity index (χ4v) is 1.77. The van der Waals surface area contributed by atoms with Gasteiger partial charge in [-0.2, -0.15) is 0 Å². The van der Waals surface area contributed by atoms with Crippen LogP contribution in [0.15, 0.2) is 24.3 Å². The maximum absolute atomic E-state index is 12.1. The van der Waals surface area contributed by atoms with E-state index in [0.717, 1.165) is 17.7 Å². The predicted octanol–water partition coefficient (Wildman–Crippen LogP) is 1.77. The number of carbonyl (C=O) groups excluding carboxylic acids is 1. The number of anilines is 1. The van der Waals surface area contributed by atoms with Crippen molar-refractivity contribution in [2.45, 2.75) is 32.9 Å². The van der Waals surface area contributed by atoms with Crippen LogP contribution in [0.25, 0.3) is 0 Å². The number of hydrogen-bond donors (Lipinski definition) is 3. The van der Waals surface area contributed by atoms with E-state index in [1.807, 2.05) is 38.1 Å². The van der Waals surface area contributed by atoms with Crippen LogP contribution in [0.1, 0.15) is 25.8 Å². The summed E-state index contributed by atoms with van der Waals surface area (Å²) in [5.41, 5.74) is 7.27. The molecule has 1 unspecified atom stereocenters. The molecule has 0 aliphatic carbocycles. The van der Waals surface area contributed by atoms with Gasteiger partial charge in [0, 0.05) is 24.8 Å². The molecule has 5 heteroatoms. The molecule has 0 radical (unpaired) electrons. The zero-order valence-electron chi connectivity index (χ0n) is 11.6. The Morgan fingerprint density at radius 3 is 2.53 bits per heavy atom. The summed E-state index contributed by atoms with van der Waals surface area (Å²) in [6.07, 6.45) is 0.847. The third-order valence-electron chi connectivity index (χ3n) is 3.17. The highest BCUT2D eigenvalue weighted by molar-refractivity contribution is 5.89. The molecule has 0 aliphatic rings. The molecule has 0 saturated carbocycles. The predicted molar refractivity (Wildman–Crippen MR) is 76.9 cm³/mol. The van der Waals surface area contributed by atoms with Crippen molar-refractivity contribution in [3.63, 3.8) is 0 Å². The van der Waals surface area contributed by atoms with Crippen LogP contribution in [-0.2, 0) is 6.54 Å². The van der Waals surface area contributed by atoms with Crippen LogP contribution in [0.3, 0.4) is 0 Å². The maximum atomic E-state index is 12.1. The number of rotatable bonds is 6. The SMILES string of the molecule is CCC(C)N(CCO)C(=O)Nc1ccc(CN)cc1. The Kier molecular flexibility index (Phi) is 6.32. The van der Waals surface area contributed by atoms with Crippen molar-refractivity contribution >= 4 is 11.7 Å². The Morgan fingerprint density at radius 2 is 2.05 bits per heavy atom. The Bertz CT molecular complexity index is 392. The number of benzene rings is 1. The molecule has 1 rings (SSSR count). The van der Waals surface area contributed by atoms with Crippen molar-refractivity contribution < 1.29 is 9.90 Å². The van der Waals surface area contributed by atoms with Crippen LogP contribution in [0, 0.1) is 0 Å². The van der Waals surface area contributed by atoms with Crippen LogP contribution >= 0.6 is 0 Å². The van der Waals surface area contributed by atoms with Crippen LogP contribution in [0.2, 0.25) is 0 Å². The lowest BCUT2D eigenvalue weighted by atomic mass is 10.2. The Morgan fingerprint density at radius 1 is 1.42 bits per heavy atom. The molecule has 0 aliphatic heterocycles. The van der Waals surface area contributed by atoms with Crippen molar-refractivity contribution in [2.75, 3.05) is 18.5 Å². The van der Waals surface area contributed by atoms with E-state index in [-0.39, 0.29) is 18.7 Å². The summed E-state index contributed by atoms with van der Waals surface area (Å²) in [5.74, 6) is 0. The highest BCUT2D eigenvalue weighted by Crippen LogP contribution is 2.12. The van der Waals surface area contributed by atoms with Crippen LogP contribution in [0.4, 0.5) is 10.5 Å². The summed E-state index contributed by atoms with van der Waals surface area (Å²) in [6.45, 7) is 4.76. The fraction of sp³-hybridized carbons (Fsp3) is 0.500. The van der Waals surface area contributed by atoms with E-state index in [1.165, 1.54) is 0 Å². The second-order valence-corrected chi connectivity index (χ2v) is 4.51. The van der Waals surface area contributed by atoms with E-state index < -0.39 is 0 Å². The summed E-state index contributed by atoms with van der Waals surface area (Å²) in [4.78, 5) is 13.8. The van der Waals surface area contributed by atoms with Crippen molar-refractivity contribution in [1.82, 2.24) is 4.90 Å². The fourth-order valence-electron chi connectivity index (χ4n) is 1.77. The number of nitrogens with zero attached hydrogens (tertiary/aromatic N) is 1. The molecule has 5 nitrogen and oxygen atoms in total. The molecule has 106 valence electrons. The lowest BCUT2D eigenvalue weighted by Gasteiger charge is -2.28. The molecule has 0 bridgehead atoms. The van der Waals surface area contributed by atoms with Crippen LogP contribution < -0.4 is 11.1 Å². The summed E-state index contributed by atoms with van der Waals surface area (Å²) >= 11 is 0. The molecule has 1 atom stereocenters. The standard InChI is InChI=1S/C14H23N3O2/c1-3-11(2)17(8-9-18)14(19)16-13-6-4-12(10-15)5-7-13/h4-7,11,18H,3,8-10,15H2,1-2H3,(H,16,19). The Balaban J connectivity index is 2.69. The number of urea groups is 1. The molecule has 0 aromatic heterocycles. The molecule has 0 saturated heterocycles. The molecule has 0 heterocycles. The van der Waals surface area contributed by atoms with Crippen LogP contribution in [-0.4, -0.2) is 35.2 Å². The van der Waals surface area contributed by atoms with E-state index in [4.69, 9.17) is 10.8 Å². The van der Waals surface area contributed by atoms with E-state index >= 15 is 0 Å². The van der Waals surface area contributed by atoms with Crippen molar-refractivity contribution in [2.24, 2.45) is 5.73 Å². The molecule has 2 amide bonds. The number of nitrogens with two attached hydrogens (primary N) is 1. The largest absolute Gasteiger partial charge is 0.395 e. The first kappa shape index (κ1) is 15.5. The van der Waals surface area contributed by atoms with Gasteiger partial charge >= 0.3 is 6.03 Å². The van der Waals surface area contributed by atoms with E-state index in [9.17, 15) is 4.79 Å². The van der Waals surface area contributed by atoms with Gasteiger partial charge in [-0.1, -0.05) is 19.1 Å².